The number of hydrogen-bond donors (Lipinski definition) is 1. The molecule has 0 spiro atoms. The van der Waals surface area contributed by atoms with Crippen molar-refractivity contribution in [3.05, 3.63) is 35.9 Å². The highest BCUT2D eigenvalue weighted by Crippen LogP contribution is 2.41. The molecule has 2 heteroatoms. The van der Waals surface area contributed by atoms with Crippen molar-refractivity contribution in [2.75, 3.05) is 0 Å². The van der Waals surface area contributed by atoms with E-state index in [4.69, 9.17) is 0 Å². The van der Waals surface area contributed by atoms with Crippen LogP contribution in [0.25, 0.3) is 0 Å². The Morgan fingerprint density at radius 3 is 2.47 bits per heavy atom. The molecule has 0 radical (unpaired) electrons. The van der Waals surface area contributed by atoms with Gasteiger partial charge in [-0.1, -0.05) is 44.2 Å². The lowest BCUT2D eigenvalue weighted by atomic mass is 9.71. The zero-order valence-corrected chi connectivity index (χ0v) is 10.7. The van der Waals surface area contributed by atoms with Crippen LogP contribution in [-0.2, 0) is 10.3 Å². The highest BCUT2D eigenvalue weighted by molar-refractivity contribution is 5.79. The number of benzene rings is 1. The molecule has 1 atom stereocenters. The monoisotopic (exact) mass is 231 g/mol. The first-order valence-electron chi connectivity index (χ1n) is 6.55. The van der Waals surface area contributed by atoms with E-state index in [0.717, 1.165) is 19.3 Å². The van der Waals surface area contributed by atoms with Crippen LogP contribution >= 0.6 is 0 Å². The Labute approximate surface area is 103 Å². The summed E-state index contributed by atoms with van der Waals surface area (Å²) in [7, 11) is 0. The normalized spacial score (nSPS) is 19.2. The van der Waals surface area contributed by atoms with Crippen molar-refractivity contribution in [3.63, 3.8) is 0 Å². The van der Waals surface area contributed by atoms with Gasteiger partial charge in [0, 0.05) is 5.92 Å². The average molecular weight is 231 g/mol. The summed E-state index contributed by atoms with van der Waals surface area (Å²) in [5.41, 5.74) is 1.17. The first-order chi connectivity index (χ1) is 8.18. The molecule has 2 rings (SSSR count). The van der Waals surface area contributed by atoms with Crippen LogP contribution in [0.1, 0.15) is 45.1 Å². The second-order valence-electron chi connectivity index (χ2n) is 5.10. The van der Waals surface area contributed by atoms with Gasteiger partial charge < -0.3 is 5.32 Å². The Kier molecular flexibility index (Phi) is 3.51. The van der Waals surface area contributed by atoms with Crippen LogP contribution in [0, 0.1) is 5.92 Å². The SMILES string of the molecule is CCC(C)C(=O)NC1(c2ccccc2)CCC1. The zero-order valence-electron chi connectivity index (χ0n) is 10.7. The summed E-state index contributed by atoms with van der Waals surface area (Å²) in [4.78, 5) is 12.0. The van der Waals surface area contributed by atoms with E-state index in [-0.39, 0.29) is 17.4 Å². The minimum absolute atomic E-state index is 0.0816. The summed E-state index contributed by atoms with van der Waals surface area (Å²) >= 11 is 0. The van der Waals surface area contributed by atoms with Crippen LogP contribution < -0.4 is 5.32 Å². The van der Waals surface area contributed by atoms with Crippen LogP contribution in [0.2, 0.25) is 0 Å². The topological polar surface area (TPSA) is 29.1 Å². The molecule has 1 saturated carbocycles. The van der Waals surface area contributed by atoms with Gasteiger partial charge >= 0.3 is 0 Å². The van der Waals surface area contributed by atoms with Crippen molar-refractivity contribution in [3.8, 4) is 0 Å². The molecule has 0 heterocycles. The molecular weight excluding hydrogens is 210 g/mol. The molecule has 1 aliphatic carbocycles. The van der Waals surface area contributed by atoms with Gasteiger partial charge in [-0.05, 0) is 31.2 Å². The first kappa shape index (κ1) is 12.2. The van der Waals surface area contributed by atoms with E-state index in [1.807, 2.05) is 25.1 Å². The third-order valence-corrected chi connectivity index (χ3v) is 3.96. The van der Waals surface area contributed by atoms with Gasteiger partial charge in [0.15, 0.2) is 0 Å². The predicted molar refractivity (Wildman–Crippen MR) is 69.6 cm³/mol. The lowest BCUT2D eigenvalue weighted by molar-refractivity contribution is -0.127. The van der Waals surface area contributed by atoms with Crippen molar-refractivity contribution < 1.29 is 4.79 Å². The molecule has 1 amide bonds. The Morgan fingerprint density at radius 1 is 1.35 bits per heavy atom. The van der Waals surface area contributed by atoms with Crippen molar-refractivity contribution in [2.24, 2.45) is 5.92 Å². The molecule has 1 aliphatic rings. The Bertz CT molecular complexity index is 381. The zero-order chi connectivity index (χ0) is 12.3. The maximum atomic E-state index is 12.0. The fraction of sp³-hybridized carbons (Fsp3) is 0.533. The van der Waals surface area contributed by atoms with Crippen LogP contribution in [0.15, 0.2) is 30.3 Å². The lowest BCUT2D eigenvalue weighted by Crippen LogP contribution is -2.52. The minimum Gasteiger partial charge on any atom is -0.346 e. The summed E-state index contributed by atoms with van der Waals surface area (Å²) in [5, 5.41) is 3.26. The fourth-order valence-corrected chi connectivity index (χ4v) is 2.32. The summed E-state index contributed by atoms with van der Waals surface area (Å²) in [6.07, 6.45) is 4.24. The lowest BCUT2D eigenvalue weighted by Gasteiger charge is -2.43. The van der Waals surface area contributed by atoms with Crippen LogP contribution in [-0.4, -0.2) is 5.91 Å². The maximum Gasteiger partial charge on any atom is 0.223 e. The van der Waals surface area contributed by atoms with E-state index >= 15 is 0 Å². The van der Waals surface area contributed by atoms with Crippen molar-refractivity contribution in [1.82, 2.24) is 5.32 Å². The summed E-state index contributed by atoms with van der Waals surface area (Å²) in [6, 6.07) is 10.4. The van der Waals surface area contributed by atoms with Crippen molar-refractivity contribution in [2.45, 2.75) is 45.1 Å². The third kappa shape index (κ3) is 2.36. The smallest absolute Gasteiger partial charge is 0.223 e. The van der Waals surface area contributed by atoms with E-state index in [2.05, 4.69) is 24.4 Å². The molecule has 92 valence electrons. The average Bonchev–Trinajstić information content (AvgIpc) is 2.33. The number of nitrogens with one attached hydrogen (secondary N) is 1. The second-order valence-corrected chi connectivity index (χ2v) is 5.10. The summed E-state index contributed by atoms with van der Waals surface area (Å²) in [6.45, 7) is 4.05. The molecular formula is C15H21NO. The van der Waals surface area contributed by atoms with Crippen molar-refractivity contribution >= 4 is 5.91 Å². The Hall–Kier alpha value is -1.31. The molecule has 1 aromatic carbocycles. The summed E-state index contributed by atoms with van der Waals surface area (Å²) in [5.74, 6) is 0.298. The molecule has 0 bridgehead atoms. The molecule has 1 unspecified atom stereocenters. The minimum atomic E-state index is -0.0816. The number of amides is 1. The van der Waals surface area contributed by atoms with Crippen LogP contribution in [0.3, 0.4) is 0 Å². The van der Waals surface area contributed by atoms with E-state index in [1.165, 1.54) is 12.0 Å². The van der Waals surface area contributed by atoms with Gasteiger partial charge in [0.2, 0.25) is 5.91 Å². The van der Waals surface area contributed by atoms with Gasteiger partial charge in [-0.25, -0.2) is 0 Å². The second kappa shape index (κ2) is 4.91. The van der Waals surface area contributed by atoms with E-state index in [9.17, 15) is 4.79 Å². The largest absolute Gasteiger partial charge is 0.346 e. The molecule has 1 N–H and O–H groups in total. The Morgan fingerprint density at radius 2 is 2.00 bits per heavy atom. The molecule has 0 aliphatic heterocycles. The van der Waals surface area contributed by atoms with Crippen molar-refractivity contribution in [1.29, 1.82) is 0 Å². The predicted octanol–water partition coefficient (Wildman–Crippen LogP) is 3.23. The van der Waals surface area contributed by atoms with Gasteiger partial charge in [0.05, 0.1) is 5.54 Å². The highest BCUT2D eigenvalue weighted by atomic mass is 16.2. The molecule has 0 saturated heterocycles. The standard InChI is InChI=1S/C15H21NO/c1-3-12(2)14(17)16-15(10-7-11-15)13-8-5-4-6-9-13/h4-6,8-9,12H,3,7,10-11H2,1-2H3,(H,16,17). The van der Waals surface area contributed by atoms with Gasteiger partial charge in [-0.15, -0.1) is 0 Å². The number of hydrogen-bond acceptors (Lipinski definition) is 1. The fourth-order valence-electron chi connectivity index (χ4n) is 2.32. The van der Waals surface area contributed by atoms with Crippen LogP contribution in [0.4, 0.5) is 0 Å². The van der Waals surface area contributed by atoms with E-state index in [1.54, 1.807) is 0 Å². The third-order valence-electron chi connectivity index (χ3n) is 3.96. The summed E-state index contributed by atoms with van der Waals surface area (Å²) < 4.78 is 0. The number of carbonyl (C=O) groups is 1. The molecule has 2 nitrogen and oxygen atoms in total. The maximum absolute atomic E-state index is 12.0. The van der Waals surface area contributed by atoms with Crippen LogP contribution in [0.5, 0.6) is 0 Å². The Balaban J connectivity index is 2.13. The van der Waals surface area contributed by atoms with Gasteiger partial charge in [0.1, 0.15) is 0 Å². The molecule has 0 aromatic heterocycles. The van der Waals surface area contributed by atoms with E-state index in [0.29, 0.717) is 0 Å². The van der Waals surface area contributed by atoms with E-state index < -0.39 is 0 Å². The highest BCUT2D eigenvalue weighted by Gasteiger charge is 2.40. The molecule has 17 heavy (non-hydrogen) atoms. The molecule has 1 fully saturated rings. The van der Waals surface area contributed by atoms with Gasteiger partial charge in [-0.2, -0.15) is 0 Å². The quantitative estimate of drug-likeness (QED) is 0.847. The first-order valence-corrected chi connectivity index (χ1v) is 6.55. The van der Waals surface area contributed by atoms with Gasteiger partial charge in [0.25, 0.3) is 0 Å². The molecule has 1 aromatic rings. The number of rotatable bonds is 4. The van der Waals surface area contributed by atoms with Gasteiger partial charge in [-0.3, -0.25) is 4.79 Å². The number of carbonyl (C=O) groups excluding carboxylic acids is 1.